The van der Waals surface area contributed by atoms with Gasteiger partial charge in [0.15, 0.2) is 0 Å². The van der Waals surface area contributed by atoms with Crippen molar-refractivity contribution < 1.29 is 0 Å². The molecular formula is C4H16Mg2. The van der Waals surface area contributed by atoms with Gasteiger partial charge in [0, 0.05) is 46.1 Å². The van der Waals surface area contributed by atoms with E-state index in [1.807, 2.05) is 0 Å². The van der Waals surface area contributed by atoms with Gasteiger partial charge in [-0.25, -0.2) is 0 Å². The molecule has 0 nitrogen and oxygen atoms in total. The Balaban J connectivity index is 0. The number of hydrogen-bond donors (Lipinski definition) is 0. The van der Waals surface area contributed by atoms with Gasteiger partial charge in [-0.1, -0.05) is 29.7 Å². The molecule has 0 bridgehead atoms. The van der Waals surface area contributed by atoms with Crippen molar-refractivity contribution in [2.45, 2.75) is 29.7 Å². The highest BCUT2D eigenvalue weighted by atomic mass is 24.3. The van der Waals surface area contributed by atoms with Crippen molar-refractivity contribution in [3.63, 3.8) is 0 Å². The minimum atomic E-state index is 0. The molecule has 0 rings (SSSR count). The van der Waals surface area contributed by atoms with E-state index in [1.165, 1.54) is 0 Å². The van der Waals surface area contributed by atoms with Crippen LogP contribution in [0, 0.1) is 0 Å². The predicted molar refractivity (Wildman–Crippen MR) is 38.4 cm³/mol. The van der Waals surface area contributed by atoms with E-state index in [1.54, 1.807) is 0 Å². The molecule has 0 saturated heterocycles. The first-order chi connectivity index (χ1) is 0. The van der Waals surface area contributed by atoms with Gasteiger partial charge < -0.3 is 0 Å². The van der Waals surface area contributed by atoms with E-state index >= 15 is 0 Å². The van der Waals surface area contributed by atoms with E-state index in [0.717, 1.165) is 0 Å². The summed E-state index contributed by atoms with van der Waals surface area (Å²) in [5, 5.41) is 0. The minimum absolute atomic E-state index is 0. The smallest absolute Gasteiger partial charge is 0 e. The van der Waals surface area contributed by atoms with Gasteiger partial charge in [-0.3, -0.25) is 0 Å². The maximum absolute atomic E-state index is 0. The Bertz CT molecular complexity index is 5.51. The van der Waals surface area contributed by atoms with Crippen LogP contribution >= 0.6 is 0 Å². The third-order valence-corrected chi connectivity index (χ3v) is 0. The third kappa shape index (κ3) is 48.4. The summed E-state index contributed by atoms with van der Waals surface area (Å²) in [6.07, 6.45) is 0. The molecule has 0 aliphatic heterocycles. The minimum Gasteiger partial charge on any atom is -0.0776 e. The fourth-order valence-electron chi connectivity index (χ4n) is 0. The van der Waals surface area contributed by atoms with Crippen LogP contribution in [0.25, 0.3) is 0 Å². The molecule has 0 atom stereocenters. The maximum Gasteiger partial charge on any atom is 0 e. The van der Waals surface area contributed by atoms with Gasteiger partial charge in [0.25, 0.3) is 0 Å². The third-order valence-electron chi connectivity index (χ3n) is 0. The first-order valence-electron chi connectivity index (χ1n) is 0. The van der Waals surface area contributed by atoms with Crippen molar-refractivity contribution in [2.75, 3.05) is 0 Å². The lowest BCUT2D eigenvalue weighted by Crippen LogP contribution is -0.382. The van der Waals surface area contributed by atoms with Crippen LogP contribution in [-0.2, 0) is 0 Å². The van der Waals surface area contributed by atoms with Gasteiger partial charge in [-0.2, -0.15) is 0 Å². The monoisotopic (exact) mass is 112 g/mol. The van der Waals surface area contributed by atoms with Crippen molar-refractivity contribution in [1.82, 2.24) is 0 Å². The number of rotatable bonds is 0. The quantitative estimate of drug-likeness (QED) is 0.420. The molecule has 0 aromatic carbocycles. The largest absolute Gasteiger partial charge is 0.0776 e. The van der Waals surface area contributed by atoms with Crippen molar-refractivity contribution >= 4 is 46.1 Å². The molecule has 0 aromatic rings. The van der Waals surface area contributed by atoms with Gasteiger partial charge in [0.05, 0.1) is 0 Å². The molecule has 0 aromatic heterocycles. The molecule has 0 aliphatic carbocycles. The van der Waals surface area contributed by atoms with Crippen molar-refractivity contribution in [1.29, 1.82) is 0 Å². The molecule has 0 fully saturated rings. The standard InChI is InChI=1S/4CH4.2Mg/h4*1H4;;. The molecule has 36 valence electrons. The molecular weight excluding hydrogens is 96.7 g/mol. The Hall–Kier alpha value is 1.53. The zero-order valence-corrected chi connectivity index (χ0v) is 4.24. The zero-order valence-electron chi connectivity index (χ0n) is 1.41. The zero-order chi connectivity index (χ0) is 0. The van der Waals surface area contributed by atoms with Crippen molar-refractivity contribution in [3.8, 4) is 0 Å². The molecule has 0 spiro atoms. The first-order valence-corrected chi connectivity index (χ1v) is 0. The van der Waals surface area contributed by atoms with Crippen LogP contribution in [0.3, 0.4) is 0 Å². The second kappa shape index (κ2) is 85.1. The van der Waals surface area contributed by atoms with Gasteiger partial charge in [-0.15, -0.1) is 0 Å². The highest BCUT2D eigenvalue weighted by Crippen LogP contribution is 0.147. The van der Waals surface area contributed by atoms with Crippen molar-refractivity contribution in [2.24, 2.45) is 0 Å². The highest BCUT2D eigenvalue weighted by molar-refractivity contribution is 5.76. The molecule has 0 unspecified atom stereocenters. The van der Waals surface area contributed by atoms with Crippen LogP contribution < -0.4 is 0 Å². The summed E-state index contributed by atoms with van der Waals surface area (Å²) in [5.74, 6) is 0. The lowest BCUT2D eigenvalue weighted by Gasteiger charge is -0.0786. The Labute approximate surface area is 75.4 Å². The topological polar surface area (TPSA) is 0 Å². The Morgan fingerprint density at radius 2 is 0.333 bits per heavy atom. The SMILES string of the molecule is C.C.C.C.[Mg].[Mg]. The molecule has 0 amide bonds. The van der Waals surface area contributed by atoms with E-state index < -0.39 is 0 Å². The summed E-state index contributed by atoms with van der Waals surface area (Å²) in [6.45, 7) is 0. The van der Waals surface area contributed by atoms with E-state index in [2.05, 4.69) is 0 Å². The van der Waals surface area contributed by atoms with E-state index in [9.17, 15) is 0 Å². The summed E-state index contributed by atoms with van der Waals surface area (Å²) in [6, 6.07) is 0. The Kier molecular flexibility index (Phi) is 1940. The second-order valence-corrected chi connectivity index (χ2v) is 0. The van der Waals surface area contributed by atoms with Crippen LogP contribution in [0.15, 0.2) is 0 Å². The highest BCUT2D eigenvalue weighted by Gasteiger charge is 0.00111. The number of hydrogen-bond acceptors (Lipinski definition) is 0. The second-order valence-electron chi connectivity index (χ2n) is 0. The fourth-order valence-corrected chi connectivity index (χ4v) is 0. The van der Waals surface area contributed by atoms with Crippen LogP contribution in [0.1, 0.15) is 29.7 Å². The van der Waals surface area contributed by atoms with Crippen molar-refractivity contribution in [3.05, 3.63) is 0 Å². The molecule has 0 N–H and O–H groups in total. The summed E-state index contributed by atoms with van der Waals surface area (Å²) >= 11 is 0. The average molecular weight is 113 g/mol. The molecule has 0 heterocycles. The van der Waals surface area contributed by atoms with Crippen LogP contribution in [0.5, 0.6) is 0 Å². The van der Waals surface area contributed by atoms with Gasteiger partial charge in [0.1, 0.15) is 0 Å². The Morgan fingerprint density at radius 3 is 0.333 bits per heavy atom. The summed E-state index contributed by atoms with van der Waals surface area (Å²) in [4.78, 5) is 0. The van der Waals surface area contributed by atoms with Gasteiger partial charge in [-0.05, 0) is 0 Å². The lowest BCUT2D eigenvalue weighted by molar-refractivity contribution is 2.50. The van der Waals surface area contributed by atoms with Gasteiger partial charge >= 0.3 is 0 Å². The molecule has 0 saturated carbocycles. The van der Waals surface area contributed by atoms with E-state index in [0.29, 0.717) is 0 Å². The van der Waals surface area contributed by atoms with Crippen LogP contribution in [0.4, 0.5) is 0 Å². The van der Waals surface area contributed by atoms with E-state index in [4.69, 9.17) is 0 Å². The summed E-state index contributed by atoms with van der Waals surface area (Å²) in [5.41, 5.74) is 0. The first kappa shape index (κ1) is 137. The van der Waals surface area contributed by atoms with Gasteiger partial charge in [0.2, 0.25) is 0 Å². The maximum atomic E-state index is 0. The predicted octanol–water partition coefficient (Wildman–Crippen LogP) is 1.78. The Morgan fingerprint density at radius 1 is 0.333 bits per heavy atom. The molecule has 4 radical (unpaired) electrons. The molecule has 2 heteroatoms. The lowest BCUT2D eigenvalue weighted by atomic mass is 12.0. The average Bonchev–Trinajstić information content (AvgIpc) is 0. The summed E-state index contributed by atoms with van der Waals surface area (Å²) in [7, 11) is 0. The fraction of sp³-hybridized carbons (Fsp3) is 1.00. The van der Waals surface area contributed by atoms with Crippen LogP contribution in [-0.4, -0.2) is 46.1 Å². The van der Waals surface area contributed by atoms with E-state index in [-0.39, 0.29) is 75.8 Å². The van der Waals surface area contributed by atoms with Crippen LogP contribution in [0.2, 0.25) is 0 Å². The molecule has 6 heavy (non-hydrogen) atoms. The summed E-state index contributed by atoms with van der Waals surface area (Å²) < 4.78 is 0. The molecule has 0 aliphatic rings. The normalized spacial score (nSPS) is 0.